The highest BCUT2D eigenvalue weighted by atomic mass is 28.3. The predicted molar refractivity (Wildman–Crippen MR) is 175 cm³/mol. The van der Waals surface area contributed by atoms with Gasteiger partial charge in [0, 0.05) is 25.9 Å². The topological polar surface area (TPSA) is 57.2 Å². The normalized spacial score (nSPS) is 17.0. The van der Waals surface area contributed by atoms with Gasteiger partial charge in [-0.05, 0) is 70.9 Å². The van der Waals surface area contributed by atoms with Crippen molar-refractivity contribution in [2.24, 2.45) is 0 Å². The maximum absolute atomic E-state index is 13.7. The molecule has 4 aromatic rings. The van der Waals surface area contributed by atoms with Crippen LogP contribution < -0.4 is 9.47 Å². The van der Waals surface area contributed by atoms with Crippen molar-refractivity contribution < 1.29 is 28.1 Å². The second-order valence-corrected chi connectivity index (χ2v) is 18.2. The molecule has 5 rings (SSSR count). The van der Waals surface area contributed by atoms with Crippen molar-refractivity contribution in [2.45, 2.75) is 57.3 Å². The zero-order valence-corrected chi connectivity index (χ0v) is 27.1. The van der Waals surface area contributed by atoms with Crippen LogP contribution in [-0.2, 0) is 22.7 Å². The standard InChI is InChI=1S/C36H42FNO5Si/c1-40-31-15-9-26(10-16-31)24-42-34-22-27(21-29-7-5-6-8-32(29)34)25-43-35-23-38(36(39)41-19-20-44(2,3)4)18-17-33(35)28-11-13-30(37)14-12-28/h5-16,21-22,33,35H,17-20,23-25H2,1-4H3. The van der Waals surface area contributed by atoms with Crippen molar-refractivity contribution in [1.29, 1.82) is 0 Å². The highest BCUT2D eigenvalue weighted by molar-refractivity contribution is 6.76. The minimum absolute atomic E-state index is 0.0212. The molecule has 1 aliphatic heterocycles. The zero-order valence-electron chi connectivity index (χ0n) is 26.1. The Morgan fingerprint density at radius 1 is 0.932 bits per heavy atom. The van der Waals surface area contributed by atoms with E-state index in [1.165, 1.54) is 12.1 Å². The van der Waals surface area contributed by atoms with Crippen molar-refractivity contribution in [3.05, 3.63) is 107 Å². The summed E-state index contributed by atoms with van der Waals surface area (Å²) >= 11 is 0. The summed E-state index contributed by atoms with van der Waals surface area (Å²) in [5, 5.41) is 2.09. The van der Waals surface area contributed by atoms with Gasteiger partial charge < -0.3 is 23.8 Å². The van der Waals surface area contributed by atoms with Gasteiger partial charge in [0.05, 0.1) is 33.0 Å². The lowest BCUT2D eigenvalue weighted by atomic mass is 9.87. The van der Waals surface area contributed by atoms with Crippen LogP contribution in [0.5, 0.6) is 11.5 Å². The molecule has 1 saturated heterocycles. The third kappa shape index (κ3) is 8.39. The molecule has 0 radical (unpaired) electrons. The molecular formula is C36H42FNO5Si. The first-order valence-electron chi connectivity index (χ1n) is 15.2. The van der Waals surface area contributed by atoms with Crippen molar-refractivity contribution >= 4 is 24.9 Å². The van der Waals surface area contributed by atoms with Gasteiger partial charge in [0.15, 0.2) is 0 Å². The van der Waals surface area contributed by atoms with Gasteiger partial charge in [-0.15, -0.1) is 0 Å². The van der Waals surface area contributed by atoms with Gasteiger partial charge in [0.1, 0.15) is 23.9 Å². The van der Waals surface area contributed by atoms with Crippen molar-refractivity contribution in [3.63, 3.8) is 0 Å². The summed E-state index contributed by atoms with van der Waals surface area (Å²) in [6, 6.07) is 27.7. The molecule has 0 saturated carbocycles. The molecule has 1 amide bonds. The van der Waals surface area contributed by atoms with E-state index in [0.717, 1.165) is 45.0 Å². The zero-order chi connectivity index (χ0) is 31.1. The van der Waals surface area contributed by atoms with Crippen LogP contribution in [0.1, 0.15) is 29.0 Å². The van der Waals surface area contributed by atoms with Crippen LogP contribution in [0, 0.1) is 5.82 Å². The third-order valence-electron chi connectivity index (χ3n) is 8.09. The molecule has 232 valence electrons. The first-order valence-corrected chi connectivity index (χ1v) is 19.0. The molecule has 0 aliphatic carbocycles. The second-order valence-electron chi connectivity index (χ2n) is 12.6. The number of nitrogens with zero attached hydrogens (tertiary/aromatic N) is 1. The average molecular weight is 616 g/mol. The van der Waals surface area contributed by atoms with Gasteiger partial charge in [0.25, 0.3) is 0 Å². The molecule has 0 aromatic heterocycles. The highest BCUT2D eigenvalue weighted by Gasteiger charge is 2.34. The Bertz CT molecular complexity index is 1540. The number of carbonyl (C=O) groups excluding carboxylic acids is 1. The monoisotopic (exact) mass is 615 g/mol. The summed E-state index contributed by atoms with van der Waals surface area (Å²) in [5.74, 6) is 1.34. The van der Waals surface area contributed by atoms with Crippen LogP contribution in [0.2, 0.25) is 25.7 Å². The fourth-order valence-corrected chi connectivity index (χ4v) is 6.22. The van der Waals surface area contributed by atoms with E-state index in [1.807, 2.05) is 54.6 Å². The molecular weight excluding hydrogens is 573 g/mol. The Morgan fingerprint density at radius 2 is 1.68 bits per heavy atom. The molecule has 2 unspecified atom stereocenters. The number of likely N-dealkylation sites (tertiary alicyclic amines) is 1. The molecule has 2 atom stereocenters. The number of amides is 1. The van der Waals surface area contributed by atoms with E-state index < -0.39 is 8.07 Å². The molecule has 4 aromatic carbocycles. The number of rotatable bonds is 11. The molecule has 0 spiro atoms. The summed E-state index contributed by atoms with van der Waals surface area (Å²) in [7, 11) is 0.335. The Hall–Kier alpha value is -3.88. The number of ether oxygens (including phenoxy) is 4. The Labute approximate surface area is 260 Å². The average Bonchev–Trinajstić information content (AvgIpc) is 3.02. The second kappa shape index (κ2) is 14.3. The van der Waals surface area contributed by atoms with Gasteiger partial charge in [-0.3, -0.25) is 0 Å². The largest absolute Gasteiger partial charge is 0.497 e. The Balaban J connectivity index is 1.32. The fraction of sp³-hybridized carbons (Fsp3) is 0.361. The first-order chi connectivity index (χ1) is 21.2. The van der Waals surface area contributed by atoms with Crippen molar-refractivity contribution in [3.8, 4) is 11.5 Å². The van der Waals surface area contributed by atoms with E-state index in [2.05, 4.69) is 37.8 Å². The van der Waals surface area contributed by atoms with E-state index in [4.69, 9.17) is 18.9 Å². The number of halogens is 1. The van der Waals surface area contributed by atoms with Crippen molar-refractivity contribution in [1.82, 2.24) is 4.90 Å². The highest BCUT2D eigenvalue weighted by Crippen LogP contribution is 2.33. The number of hydrogen-bond donors (Lipinski definition) is 0. The fourth-order valence-electron chi connectivity index (χ4n) is 5.50. The number of fused-ring (bicyclic) bond motifs is 1. The van der Waals surface area contributed by atoms with Gasteiger partial charge in [-0.2, -0.15) is 0 Å². The lowest BCUT2D eigenvalue weighted by Gasteiger charge is -2.38. The minimum Gasteiger partial charge on any atom is -0.497 e. The van der Waals surface area contributed by atoms with Crippen LogP contribution in [0.25, 0.3) is 10.8 Å². The summed E-state index contributed by atoms with van der Waals surface area (Å²) in [5.41, 5.74) is 3.02. The molecule has 6 nitrogen and oxygen atoms in total. The van der Waals surface area contributed by atoms with E-state index in [0.29, 0.717) is 39.3 Å². The van der Waals surface area contributed by atoms with E-state index >= 15 is 0 Å². The maximum Gasteiger partial charge on any atom is 0.409 e. The third-order valence-corrected chi connectivity index (χ3v) is 9.80. The number of carbonyl (C=O) groups is 1. The minimum atomic E-state index is -1.32. The summed E-state index contributed by atoms with van der Waals surface area (Å²) < 4.78 is 37.6. The first kappa shape index (κ1) is 31.5. The van der Waals surface area contributed by atoms with Crippen molar-refractivity contribution in [2.75, 3.05) is 26.8 Å². The van der Waals surface area contributed by atoms with Crippen LogP contribution in [0.4, 0.5) is 9.18 Å². The molecule has 0 N–H and O–H groups in total. The van der Waals surface area contributed by atoms with Crippen LogP contribution >= 0.6 is 0 Å². The number of methoxy groups -OCH3 is 1. The van der Waals surface area contributed by atoms with Crippen LogP contribution in [0.3, 0.4) is 0 Å². The van der Waals surface area contributed by atoms with Gasteiger partial charge in [-0.25, -0.2) is 9.18 Å². The lowest BCUT2D eigenvalue weighted by Crippen LogP contribution is -2.47. The van der Waals surface area contributed by atoms with Crippen LogP contribution in [-0.4, -0.2) is 52.0 Å². The van der Waals surface area contributed by atoms with E-state index in [9.17, 15) is 9.18 Å². The molecule has 1 fully saturated rings. The van der Waals surface area contributed by atoms with Gasteiger partial charge in [-0.1, -0.05) is 68.2 Å². The number of hydrogen-bond acceptors (Lipinski definition) is 5. The molecule has 8 heteroatoms. The summed E-state index contributed by atoms with van der Waals surface area (Å²) in [4.78, 5) is 14.7. The summed E-state index contributed by atoms with van der Waals surface area (Å²) in [6.45, 7) is 8.96. The smallest absolute Gasteiger partial charge is 0.409 e. The quantitative estimate of drug-likeness (QED) is 0.159. The SMILES string of the molecule is COc1ccc(COc2cc(COC3CN(C(=O)OCC[Si](C)(C)C)CCC3c3ccc(F)cc3)cc3ccccc23)cc1. The summed E-state index contributed by atoms with van der Waals surface area (Å²) in [6.07, 6.45) is 0.121. The molecule has 0 bridgehead atoms. The predicted octanol–water partition coefficient (Wildman–Crippen LogP) is 8.42. The number of piperidine rings is 1. The Morgan fingerprint density at radius 3 is 2.41 bits per heavy atom. The Kier molecular flexibility index (Phi) is 10.2. The maximum atomic E-state index is 13.7. The number of benzene rings is 4. The van der Waals surface area contributed by atoms with Gasteiger partial charge in [0.2, 0.25) is 0 Å². The van der Waals surface area contributed by atoms with E-state index in [1.54, 1.807) is 12.0 Å². The van der Waals surface area contributed by atoms with Crippen LogP contribution in [0.15, 0.2) is 84.9 Å². The molecule has 1 heterocycles. The van der Waals surface area contributed by atoms with E-state index in [-0.39, 0.29) is 23.9 Å². The van der Waals surface area contributed by atoms with Gasteiger partial charge >= 0.3 is 6.09 Å². The lowest BCUT2D eigenvalue weighted by molar-refractivity contribution is -0.0234. The molecule has 44 heavy (non-hydrogen) atoms. The molecule has 1 aliphatic rings.